The molecule has 0 saturated carbocycles. The van der Waals surface area contributed by atoms with Crippen LogP contribution in [0, 0.1) is 13.8 Å². The fourth-order valence-electron chi connectivity index (χ4n) is 2.89. The summed E-state index contributed by atoms with van der Waals surface area (Å²) in [4.78, 5) is 34.4. The summed E-state index contributed by atoms with van der Waals surface area (Å²) in [5, 5.41) is 2.83. The van der Waals surface area contributed by atoms with Crippen molar-refractivity contribution in [2.75, 3.05) is 11.9 Å². The van der Waals surface area contributed by atoms with Crippen LogP contribution in [0.2, 0.25) is 0 Å². The number of amides is 2. The first kappa shape index (κ1) is 20.3. The van der Waals surface area contributed by atoms with E-state index < -0.39 is 0 Å². The first-order valence-electron chi connectivity index (χ1n) is 9.43. The highest BCUT2D eigenvalue weighted by Gasteiger charge is 2.15. The van der Waals surface area contributed by atoms with E-state index in [-0.39, 0.29) is 17.6 Å². The number of aromatic nitrogens is 2. The van der Waals surface area contributed by atoms with E-state index in [0.717, 1.165) is 28.2 Å². The average Bonchev–Trinajstić information content (AvgIpc) is 3.22. The Balaban J connectivity index is 1.66. The molecule has 1 aromatic carbocycles. The highest BCUT2D eigenvalue weighted by atomic mass is 16.4. The quantitative estimate of drug-likeness (QED) is 0.692. The van der Waals surface area contributed by atoms with Crippen LogP contribution in [-0.2, 0) is 11.3 Å². The van der Waals surface area contributed by atoms with E-state index in [4.69, 9.17) is 4.42 Å². The molecule has 7 nitrogen and oxygen atoms in total. The van der Waals surface area contributed by atoms with Gasteiger partial charge in [0.1, 0.15) is 0 Å². The maximum atomic E-state index is 12.4. The van der Waals surface area contributed by atoms with E-state index in [0.29, 0.717) is 18.9 Å². The number of carbonyl (C=O) groups excluding carboxylic acids is 2. The fraction of sp³-hybridized carbons (Fsp3) is 0.273. The van der Waals surface area contributed by atoms with Crippen LogP contribution in [0.25, 0.3) is 11.5 Å². The molecular formula is C22H24N4O3. The highest BCUT2D eigenvalue weighted by molar-refractivity contribution is 5.93. The number of rotatable bonds is 6. The minimum atomic E-state index is -0.339. The lowest BCUT2D eigenvalue weighted by atomic mass is 10.2. The molecular weight excluding hydrogens is 368 g/mol. The molecule has 0 aliphatic rings. The molecule has 0 atom stereocenters. The lowest BCUT2D eigenvalue weighted by Gasteiger charge is -2.16. The first-order chi connectivity index (χ1) is 13.9. The Labute approximate surface area is 169 Å². The zero-order valence-electron chi connectivity index (χ0n) is 17.0. The third-order valence-electron chi connectivity index (χ3n) is 4.68. The van der Waals surface area contributed by atoms with Gasteiger partial charge in [-0.05, 0) is 49.7 Å². The van der Waals surface area contributed by atoms with Gasteiger partial charge in [0.2, 0.25) is 17.6 Å². The van der Waals surface area contributed by atoms with Gasteiger partial charge in [-0.2, -0.15) is 0 Å². The van der Waals surface area contributed by atoms with E-state index in [9.17, 15) is 9.59 Å². The summed E-state index contributed by atoms with van der Waals surface area (Å²) in [6.45, 7) is 6.03. The van der Waals surface area contributed by atoms with E-state index in [1.165, 1.54) is 6.20 Å². The molecule has 2 aromatic heterocycles. The molecule has 0 spiro atoms. The predicted molar refractivity (Wildman–Crippen MR) is 111 cm³/mol. The number of nitrogens with one attached hydrogen (secondary N) is 1. The second kappa shape index (κ2) is 8.68. The molecule has 2 heterocycles. The normalized spacial score (nSPS) is 10.6. The number of hydrogen-bond donors (Lipinski definition) is 1. The number of hydrogen-bond acceptors (Lipinski definition) is 5. The summed E-state index contributed by atoms with van der Waals surface area (Å²) in [5.74, 6) is 0.180. The van der Waals surface area contributed by atoms with Crippen molar-refractivity contribution in [3.63, 3.8) is 0 Å². The molecule has 0 radical (unpaired) electrons. The SMILES string of the molecule is CCC(=O)N(C)c1ccc(-c2ncc(C(=O)NCc3ccc(C)nc3C)o2)cc1. The molecule has 1 N–H and O–H groups in total. The van der Waals surface area contributed by atoms with Crippen molar-refractivity contribution in [3.8, 4) is 11.5 Å². The van der Waals surface area contributed by atoms with Crippen molar-refractivity contribution < 1.29 is 14.0 Å². The number of nitrogens with zero attached hydrogens (tertiary/aromatic N) is 3. The maximum absolute atomic E-state index is 12.4. The molecule has 3 rings (SSSR count). The summed E-state index contributed by atoms with van der Waals surface area (Å²) >= 11 is 0. The summed E-state index contributed by atoms with van der Waals surface area (Å²) in [6, 6.07) is 11.1. The van der Waals surface area contributed by atoms with Crippen LogP contribution in [0.5, 0.6) is 0 Å². The molecule has 150 valence electrons. The van der Waals surface area contributed by atoms with Crippen LogP contribution in [-0.4, -0.2) is 28.8 Å². The molecule has 2 amide bonds. The van der Waals surface area contributed by atoms with Gasteiger partial charge in [-0.15, -0.1) is 0 Å². The minimum absolute atomic E-state index is 0.0341. The van der Waals surface area contributed by atoms with Gasteiger partial charge in [0.15, 0.2) is 0 Å². The predicted octanol–water partition coefficient (Wildman–Crippen LogP) is 3.66. The Morgan fingerprint density at radius 1 is 1.10 bits per heavy atom. The van der Waals surface area contributed by atoms with Crippen LogP contribution in [0.3, 0.4) is 0 Å². The van der Waals surface area contributed by atoms with Gasteiger partial charge >= 0.3 is 0 Å². The summed E-state index contributed by atoms with van der Waals surface area (Å²) in [6.07, 6.45) is 1.85. The molecule has 3 aromatic rings. The summed E-state index contributed by atoms with van der Waals surface area (Å²) in [5.41, 5.74) is 4.28. The largest absolute Gasteiger partial charge is 0.431 e. The smallest absolute Gasteiger partial charge is 0.288 e. The Bertz CT molecular complexity index is 1020. The van der Waals surface area contributed by atoms with Crippen LogP contribution >= 0.6 is 0 Å². The summed E-state index contributed by atoms with van der Waals surface area (Å²) < 4.78 is 5.62. The van der Waals surface area contributed by atoms with E-state index in [1.54, 1.807) is 11.9 Å². The first-order valence-corrected chi connectivity index (χ1v) is 9.43. The Morgan fingerprint density at radius 2 is 1.83 bits per heavy atom. The number of oxazole rings is 1. The van der Waals surface area contributed by atoms with Crippen LogP contribution in [0.15, 0.2) is 47.0 Å². The van der Waals surface area contributed by atoms with Gasteiger partial charge in [0, 0.05) is 42.7 Å². The number of benzene rings is 1. The molecule has 7 heteroatoms. The number of pyridine rings is 1. The third kappa shape index (κ3) is 4.68. The van der Waals surface area contributed by atoms with Gasteiger partial charge < -0.3 is 14.6 Å². The Kier molecular flexibility index (Phi) is 6.07. The fourth-order valence-corrected chi connectivity index (χ4v) is 2.89. The van der Waals surface area contributed by atoms with Gasteiger partial charge in [-0.25, -0.2) is 4.98 Å². The van der Waals surface area contributed by atoms with Crippen LogP contribution < -0.4 is 10.2 Å². The van der Waals surface area contributed by atoms with E-state index in [2.05, 4.69) is 15.3 Å². The zero-order chi connectivity index (χ0) is 21.0. The van der Waals surface area contributed by atoms with Crippen molar-refractivity contribution >= 4 is 17.5 Å². The van der Waals surface area contributed by atoms with Crippen molar-refractivity contribution in [2.45, 2.75) is 33.7 Å². The monoisotopic (exact) mass is 392 g/mol. The maximum Gasteiger partial charge on any atom is 0.288 e. The lowest BCUT2D eigenvalue weighted by Crippen LogP contribution is -2.24. The molecule has 29 heavy (non-hydrogen) atoms. The van der Waals surface area contributed by atoms with Crippen molar-refractivity contribution in [1.29, 1.82) is 0 Å². The third-order valence-corrected chi connectivity index (χ3v) is 4.68. The van der Waals surface area contributed by atoms with Crippen molar-refractivity contribution in [3.05, 3.63) is 65.3 Å². The number of aryl methyl sites for hydroxylation is 2. The van der Waals surface area contributed by atoms with Crippen molar-refractivity contribution in [2.24, 2.45) is 0 Å². The second-order valence-corrected chi connectivity index (χ2v) is 6.76. The Hall–Kier alpha value is -3.48. The summed E-state index contributed by atoms with van der Waals surface area (Å²) in [7, 11) is 1.74. The molecule has 0 bridgehead atoms. The van der Waals surface area contributed by atoms with Gasteiger partial charge in [-0.3, -0.25) is 14.6 Å². The van der Waals surface area contributed by atoms with Gasteiger partial charge in [0.25, 0.3) is 5.91 Å². The molecule has 0 unspecified atom stereocenters. The lowest BCUT2D eigenvalue weighted by molar-refractivity contribution is -0.118. The van der Waals surface area contributed by atoms with Gasteiger partial charge in [0.05, 0.1) is 6.20 Å². The molecule has 0 saturated heterocycles. The Morgan fingerprint density at radius 3 is 2.48 bits per heavy atom. The molecule has 0 aliphatic heterocycles. The number of carbonyl (C=O) groups is 2. The number of anilines is 1. The van der Waals surface area contributed by atoms with Crippen LogP contribution in [0.4, 0.5) is 5.69 Å². The van der Waals surface area contributed by atoms with Crippen molar-refractivity contribution in [1.82, 2.24) is 15.3 Å². The van der Waals surface area contributed by atoms with Crippen LogP contribution in [0.1, 0.15) is 40.9 Å². The van der Waals surface area contributed by atoms with E-state index >= 15 is 0 Å². The van der Waals surface area contributed by atoms with E-state index in [1.807, 2.05) is 57.2 Å². The molecule has 0 aliphatic carbocycles. The van der Waals surface area contributed by atoms with Gasteiger partial charge in [-0.1, -0.05) is 13.0 Å². The molecule has 0 fully saturated rings. The standard InChI is InChI=1S/C22H24N4O3/c1-5-20(27)26(4)18-10-8-16(9-11-18)22-24-13-19(29-22)21(28)23-12-17-7-6-14(2)25-15(17)3/h6-11,13H,5,12H2,1-4H3,(H,23,28). The highest BCUT2D eigenvalue weighted by Crippen LogP contribution is 2.23. The zero-order valence-corrected chi connectivity index (χ0v) is 17.0. The topological polar surface area (TPSA) is 88.3 Å². The minimum Gasteiger partial charge on any atom is -0.431 e. The average molecular weight is 392 g/mol. The second-order valence-electron chi connectivity index (χ2n) is 6.76.